The van der Waals surface area contributed by atoms with Crippen molar-refractivity contribution in [3.63, 3.8) is 0 Å². The van der Waals surface area contributed by atoms with Gasteiger partial charge in [0.15, 0.2) is 0 Å². The van der Waals surface area contributed by atoms with E-state index in [0.29, 0.717) is 0 Å². The van der Waals surface area contributed by atoms with E-state index in [1.54, 1.807) is 7.11 Å². The lowest BCUT2D eigenvalue weighted by Gasteiger charge is -2.30. The fraction of sp³-hybridized carbons (Fsp3) is 0.158. The van der Waals surface area contributed by atoms with E-state index in [4.69, 9.17) is 4.74 Å². The molecular weight excluding hydrogens is 472 g/mol. The Morgan fingerprint density at radius 3 is 1.56 bits per heavy atom. The van der Waals surface area contributed by atoms with Crippen LogP contribution in [0.1, 0.15) is 37.8 Å². The van der Waals surface area contributed by atoms with Gasteiger partial charge in [-0.25, -0.2) is 0 Å². The molecule has 1 nitrogen and oxygen atoms in total. The van der Waals surface area contributed by atoms with Gasteiger partial charge >= 0.3 is 0 Å². The second kappa shape index (κ2) is 9.13. The molecule has 0 aromatic heterocycles. The molecular formula is C38H32O. The topological polar surface area (TPSA) is 9.23 Å². The average Bonchev–Trinajstić information content (AvgIpc) is 3.29. The van der Waals surface area contributed by atoms with Crippen molar-refractivity contribution in [2.24, 2.45) is 0 Å². The van der Waals surface area contributed by atoms with E-state index in [-0.39, 0.29) is 5.41 Å². The molecule has 0 fully saturated rings. The standard InChI is InChI=1S/C38H32O/c1-4-38(5-2)36-9-7-6-8-34(36)35-19-17-32(24-37(35)38)29-13-12-26-20-25(10-11-27(26)21-29)28-14-15-31-23-33(39-3)18-16-30(31)22-28/h6-24H,4-5H2,1-3H3. The maximum atomic E-state index is 5.38. The molecule has 6 aromatic rings. The van der Waals surface area contributed by atoms with Crippen LogP contribution >= 0.6 is 0 Å². The summed E-state index contributed by atoms with van der Waals surface area (Å²) in [5, 5.41) is 4.94. The number of hydrogen-bond acceptors (Lipinski definition) is 1. The smallest absolute Gasteiger partial charge is 0.119 e. The minimum atomic E-state index is 0.0959. The summed E-state index contributed by atoms with van der Waals surface area (Å²) in [5.74, 6) is 0.889. The highest BCUT2D eigenvalue weighted by Gasteiger charge is 2.40. The Balaban J connectivity index is 1.26. The summed E-state index contributed by atoms with van der Waals surface area (Å²) >= 11 is 0. The van der Waals surface area contributed by atoms with Crippen molar-refractivity contribution in [3.05, 3.63) is 126 Å². The Labute approximate surface area is 230 Å². The molecule has 0 atom stereocenters. The zero-order valence-electron chi connectivity index (χ0n) is 22.8. The van der Waals surface area contributed by atoms with E-state index in [0.717, 1.165) is 18.6 Å². The molecule has 6 aromatic carbocycles. The van der Waals surface area contributed by atoms with Crippen LogP contribution in [0.2, 0.25) is 0 Å². The van der Waals surface area contributed by atoms with Crippen molar-refractivity contribution < 1.29 is 4.74 Å². The van der Waals surface area contributed by atoms with Gasteiger partial charge in [-0.15, -0.1) is 0 Å². The summed E-state index contributed by atoms with van der Waals surface area (Å²) in [7, 11) is 1.71. The van der Waals surface area contributed by atoms with Gasteiger partial charge in [-0.3, -0.25) is 0 Å². The van der Waals surface area contributed by atoms with Gasteiger partial charge in [0.1, 0.15) is 5.75 Å². The molecule has 190 valence electrons. The minimum absolute atomic E-state index is 0.0959. The Morgan fingerprint density at radius 2 is 0.974 bits per heavy atom. The first-order valence-electron chi connectivity index (χ1n) is 14.0. The monoisotopic (exact) mass is 504 g/mol. The summed E-state index contributed by atoms with van der Waals surface area (Å²) < 4.78 is 5.38. The zero-order chi connectivity index (χ0) is 26.6. The van der Waals surface area contributed by atoms with E-state index in [1.807, 2.05) is 6.07 Å². The molecule has 0 saturated carbocycles. The van der Waals surface area contributed by atoms with E-state index >= 15 is 0 Å². The predicted octanol–water partition coefficient (Wildman–Crippen LogP) is 10.4. The Bertz CT molecular complexity index is 1870. The summed E-state index contributed by atoms with van der Waals surface area (Å²) in [5.41, 5.74) is 10.9. The second-order valence-corrected chi connectivity index (χ2v) is 10.8. The van der Waals surface area contributed by atoms with Crippen LogP contribution in [0.4, 0.5) is 0 Å². The van der Waals surface area contributed by atoms with Gasteiger partial charge in [0.25, 0.3) is 0 Å². The highest BCUT2D eigenvalue weighted by Crippen LogP contribution is 2.53. The third-order valence-corrected chi connectivity index (χ3v) is 9.03. The Morgan fingerprint density at radius 1 is 0.487 bits per heavy atom. The molecule has 0 aliphatic heterocycles. The maximum Gasteiger partial charge on any atom is 0.119 e. The lowest BCUT2D eigenvalue weighted by molar-refractivity contribution is 0.415. The van der Waals surface area contributed by atoms with E-state index in [9.17, 15) is 0 Å². The van der Waals surface area contributed by atoms with Crippen LogP contribution in [0.25, 0.3) is 54.9 Å². The molecule has 39 heavy (non-hydrogen) atoms. The van der Waals surface area contributed by atoms with Crippen molar-refractivity contribution in [1.82, 2.24) is 0 Å². The number of methoxy groups -OCH3 is 1. The zero-order valence-corrected chi connectivity index (χ0v) is 22.8. The van der Waals surface area contributed by atoms with Crippen molar-refractivity contribution in [2.45, 2.75) is 32.1 Å². The second-order valence-electron chi connectivity index (χ2n) is 10.8. The number of ether oxygens (including phenoxy) is 1. The third-order valence-electron chi connectivity index (χ3n) is 9.03. The SMILES string of the molecule is CCC1(CC)c2ccccc2-c2ccc(-c3ccc4cc(-c5ccc6cc(OC)ccc6c5)ccc4c3)cc21. The van der Waals surface area contributed by atoms with Crippen LogP contribution in [0.5, 0.6) is 5.75 Å². The predicted molar refractivity (Wildman–Crippen MR) is 166 cm³/mol. The first-order chi connectivity index (χ1) is 19.1. The van der Waals surface area contributed by atoms with E-state index in [2.05, 4.69) is 123 Å². The molecule has 1 heteroatoms. The van der Waals surface area contributed by atoms with Crippen LogP contribution in [0, 0.1) is 0 Å². The van der Waals surface area contributed by atoms with Gasteiger partial charge < -0.3 is 4.74 Å². The van der Waals surface area contributed by atoms with E-state index in [1.165, 1.54) is 66.1 Å². The fourth-order valence-electron chi connectivity index (χ4n) is 6.78. The van der Waals surface area contributed by atoms with Gasteiger partial charge in [-0.05, 0) is 115 Å². The molecule has 0 saturated heterocycles. The van der Waals surface area contributed by atoms with Crippen LogP contribution < -0.4 is 4.74 Å². The summed E-state index contributed by atoms with van der Waals surface area (Å²) in [4.78, 5) is 0. The first-order valence-corrected chi connectivity index (χ1v) is 14.0. The molecule has 0 spiro atoms. The van der Waals surface area contributed by atoms with Crippen LogP contribution in [0.15, 0.2) is 115 Å². The quantitative estimate of drug-likeness (QED) is 0.227. The number of benzene rings is 6. The number of fused-ring (bicyclic) bond motifs is 5. The molecule has 0 N–H and O–H groups in total. The summed E-state index contributed by atoms with van der Waals surface area (Å²) in [6, 6.07) is 42.7. The lowest BCUT2D eigenvalue weighted by Crippen LogP contribution is -2.23. The highest BCUT2D eigenvalue weighted by atomic mass is 16.5. The maximum absolute atomic E-state index is 5.38. The van der Waals surface area contributed by atoms with Crippen LogP contribution in [-0.2, 0) is 5.41 Å². The van der Waals surface area contributed by atoms with Crippen molar-refractivity contribution in [1.29, 1.82) is 0 Å². The normalized spacial score (nSPS) is 13.4. The van der Waals surface area contributed by atoms with Gasteiger partial charge in [-0.2, -0.15) is 0 Å². The Kier molecular flexibility index (Phi) is 5.56. The minimum Gasteiger partial charge on any atom is -0.497 e. The van der Waals surface area contributed by atoms with Gasteiger partial charge in [0.2, 0.25) is 0 Å². The van der Waals surface area contributed by atoms with Crippen LogP contribution in [-0.4, -0.2) is 7.11 Å². The first kappa shape index (κ1) is 23.7. The molecule has 0 unspecified atom stereocenters. The Hall–Kier alpha value is -4.36. The largest absolute Gasteiger partial charge is 0.497 e. The molecule has 0 radical (unpaired) electrons. The lowest BCUT2D eigenvalue weighted by atomic mass is 9.73. The average molecular weight is 505 g/mol. The molecule has 0 heterocycles. The van der Waals surface area contributed by atoms with E-state index < -0.39 is 0 Å². The molecule has 0 bridgehead atoms. The molecule has 0 amide bonds. The van der Waals surface area contributed by atoms with Gasteiger partial charge in [-0.1, -0.05) is 92.7 Å². The molecule has 7 rings (SSSR count). The van der Waals surface area contributed by atoms with Crippen LogP contribution in [0.3, 0.4) is 0 Å². The molecule has 1 aliphatic rings. The van der Waals surface area contributed by atoms with Crippen molar-refractivity contribution in [3.8, 4) is 39.1 Å². The number of hydrogen-bond donors (Lipinski definition) is 0. The number of rotatable bonds is 5. The van der Waals surface area contributed by atoms with Gasteiger partial charge in [0, 0.05) is 5.41 Å². The van der Waals surface area contributed by atoms with Crippen molar-refractivity contribution in [2.75, 3.05) is 7.11 Å². The highest BCUT2D eigenvalue weighted by molar-refractivity contribution is 5.94. The fourth-order valence-corrected chi connectivity index (χ4v) is 6.78. The third kappa shape index (κ3) is 3.68. The summed E-state index contributed by atoms with van der Waals surface area (Å²) in [6.07, 6.45) is 2.22. The molecule has 1 aliphatic carbocycles. The van der Waals surface area contributed by atoms with Crippen molar-refractivity contribution >= 4 is 21.5 Å². The summed E-state index contributed by atoms with van der Waals surface area (Å²) in [6.45, 7) is 4.67. The van der Waals surface area contributed by atoms with Gasteiger partial charge in [0.05, 0.1) is 7.11 Å².